The summed E-state index contributed by atoms with van der Waals surface area (Å²) in [5.41, 5.74) is 5.71. The van der Waals surface area contributed by atoms with Crippen LogP contribution in [0.4, 0.5) is 0 Å². The minimum absolute atomic E-state index is 0.00197. The van der Waals surface area contributed by atoms with Crippen molar-refractivity contribution in [3.8, 4) is 0 Å². The van der Waals surface area contributed by atoms with Crippen molar-refractivity contribution < 1.29 is 33.4 Å². The standard InChI is InChI=1S/C16H28N2O7/c1-4-24-14(20)8-6-7-12(16(22)25-5-2)18-15(21)11(17)9-10-13(19)23-3/h11-12H,4-10,17H2,1-3H3,(H,18,21)/t11-,12-/m1/s1. The topological polar surface area (TPSA) is 134 Å². The molecular weight excluding hydrogens is 332 g/mol. The molecule has 0 spiro atoms. The first kappa shape index (κ1) is 22.8. The first-order chi connectivity index (χ1) is 11.8. The van der Waals surface area contributed by atoms with E-state index in [4.69, 9.17) is 15.2 Å². The van der Waals surface area contributed by atoms with Gasteiger partial charge in [0.1, 0.15) is 6.04 Å². The molecule has 1 amide bonds. The molecule has 144 valence electrons. The van der Waals surface area contributed by atoms with E-state index in [-0.39, 0.29) is 44.9 Å². The molecule has 0 fully saturated rings. The average Bonchev–Trinajstić information content (AvgIpc) is 2.58. The van der Waals surface area contributed by atoms with E-state index in [1.165, 1.54) is 7.11 Å². The highest BCUT2D eigenvalue weighted by atomic mass is 16.5. The Morgan fingerprint density at radius 1 is 0.960 bits per heavy atom. The van der Waals surface area contributed by atoms with Gasteiger partial charge in [-0.05, 0) is 33.1 Å². The summed E-state index contributed by atoms with van der Waals surface area (Å²) >= 11 is 0. The van der Waals surface area contributed by atoms with E-state index in [1.807, 2.05) is 0 Å². The third-order valence-electron chi connectivity index (χ3n) is 3.29. The van der Waals surface area contributed by atoms with Crippen LogP contribution in [0.3, 0.4) is 0 Å². The van der Waals surface area contributed by atoms with Gasteiger partial charge < -0.3 is 25.3 Å². The predicted octanol–water partition coefficient (Wildman–Crippen LogP) is 0.0482. The predicted molar refractivity (Wildman–Crippen MR) is 88.3 cm³/mol. The molecule has 0 aliphatic heterocycles. The van der Waals surface area contributed by atoms with Crippen LogP contribution < -0.4 is 11.1 Å². The van der Waals surface area contributed by atoms with Gasteiger partial charge in [-0.25, -0.2) is 4.79 Å². The van der Waals surface area contributed by atoms with Crippen LogP contribution in [-0.2, 0) is 33.4 Å². The fourth-order valence-corrected chi connectivity index (χ4v) is 1.96. The second-order valence-corrected chi connectivity index (χ2v) is 5.23. The van der Waals surface area contributed by atoms with E-state index < -0.39 is 29.9 Å². The van der Waals surface area contributed by atoms with Gasteiger partial charge >= 0.3 is 17.9 Å². The van der Waals surface area contributed by atoms with Gasteiger partial charge in [-0.2, -0.15) is 0 Å². The van der Waals surface area contributed by atoms with Crippen LogP contribution in [0.25, 0.3) is 0 Å². The van der Waals surface area contributed by atoms with Gasteiger partial charge in [0.15, 0.2) is 0 Å². The molecule has 3 N–H and O–H groups in total. The molecule has 0 radical (unpaired) electrons. The van der Waals surface area contributed by atoms with E-state index in [2.05, 4.69) is 10.1 Å². The van der Waals surface area contributed by atoms with Crippen LogP contribution in [0, 0.1) is 0 Å². The van der Waals surface area contributed by atoms with E-state index in [1.54, 1.807) is 13.8 Å². The molecule has 0 unspecified atom stereocenters. The lowest BCUT2D eigenvalue weighted by atomic mass is 10.1. The Balaban J connectivity index is 4.55. The maximum absolute atomic E-state index is 12.1. The van der Waals surface area contributed by atoms with Gasteiger partial charge in [0.2, 0.25) is 5.91 Å². The zero-order valence-electron chi connectivity index (χ0n) is 15.0. The number of ether oxygens (including phenoxy) is 3. The zero-order valence-corrected chi connectivity index (χ0v) is 15.0. The summed E-state index contributed by atoms with van der Waals surface area (Å²) in [7, 11) is 1.24. The van der Waals surface area contributed by atoms with E-state index in [0.29, 0.717) is 6.42 Å². The number of hydrogen-bond acceptors (Lipinski definition) is 8. The van der Waals surface area contributed by atoms with Crippen LogP contribution >= 0.6 is 0 Å². The number of methoxy groups -OCH3 is 1. The molecular formula is C16H28N2O7. The number of carbonyl (C=O) groups excluding carboxylic acids is 4. The molecule has 9 nitrogen and oxygen atoms in total. The lowest BCUT2D eigenvalue weighted by molar-refractivity contribution is -0.148. The van der Waals surface area contributed by atoms with Gasteiger partial charge in [-0.15, -0.1) is 0 Å². The number of amides is 1. The quantitative estimate of drug-likeness (QED) is 0.368. The van der Waals surface area contributed by atoms with Gasteiger partial charge in [0.05, 0.1) is 26.4 Å². The Labute approximate surface area is 147 Å². The molecule has 0 aromatic carbocycles. The number of carbonyl (C=O) groups is 4. The monoisotopic (exact) mass is 360 g/mol. The Bertz CT molecular complexity index is 454. The SMILES string of the molecule is CCOC(=O)CCC[C@@H](NC(=O)[C@H](N)CCC(=O)OC)C(=O)OCC. The van der Waals surface area contributed by atoms with Crippen molar-refractivity contribution in [2.75, 3.05) is 20.3 Å². The van der Waals surface area contributed by atoms with Crippen molar-refractivity contribution in [3.63, 3.8) is 0 Å². The Morgan fingerprint density at radius 2 is 1.60 bits per heavy atom. The molecule has 0 aromatic heterocycles. The van der Waals surface area contributed by atoms with Crippen molar-refractivity contribution >= 4 is 23.8 Å². The molecule has 0 aliphatic rings. The van der Waals surface area contributed by atoms with E-state index in [0.717, 1.165) is 0 Å². The maximum Gasteiger partial charge on any atom is 0.328 e. The Morgan fingerprint density at radius 3 is 2.16 bits per heavy atom. The molecule has 0 bridgehead atoms. The fraction of sp³-hybridized carbons (Fsp3) is 0.750. The van der Waals surface area contributed by atoms with Crippen molar-refractivity contribution in [2.24, 2.45) is 5.73 Å². The number of rotatable bonds is 12. The van der Waals surface area contributed by atoms with Crippen molar-refractivity contribution in [1.29, 1.82) is 0 Å². The number of nitrogens with two attached hydrogens (primary N) is 1. The summed E-state index contributed by atoms with van der Waals surface area (Å²) in [5.74, 6) is -2.01. The third-order valence-corrected chi connectivity index (χ3v) is 3.29. The first-order valence-corrected chi connectivity index (χ1v) is 8.30. The molecule has 0 aromatic rings. The molecule has 0 rings (SSSR count). The molecule has 2 atom stereocenters. The highest BCUT2D eigenvalue weighted by molar-refractivity contribution is 5.87. The summed E-state index contributed by atoms with van der Waals surface area (Å²) in [5, 5.41) is 2.51. The minimum atomic E-state index is -0.957. The summed E-state index contributed by atoms with van der Waals surface area (Å²) in [6.07, 6.45) is 0.788. The van der Waals surface area contributed by atoms with Gasteiger partial charge in [0, 0.05) is 12.8 Å². The molecule has 0 saturated heterocycles. The Kier molecular flexibility index (Phi) is 12.0. The lowest BCUT2D eigenvalue weighted by Crippen LogP contribution is -2.49. The largest absolute Gasteiger partial charge is 0.469 e. The van der Waals surface area contributed by atoms with Crippen LogP contribution in [0.2, 0.25) is 0 Å². The summed E-state index contributed by atoms with van der Waals surface area (Å²) < 4.78 is 14.2. The summed E-state index contributed by atoms with van der Waals surface area (Å²) in [6, 6.07) is -1.87. The highest BCUT2D eigenvalue weighted by Gasteiger charge is 2.25. The number of esters is 3. The normalized spacial score (nSPS) is 12.6. The molecule has 9 heteroatoms. The lowest BCUT2D eigenvalue weighted by Gasteiger charge is -2.19. The van der Waals surface area contributed by atoms with Crippen molar-refractivity contribution in [2.45, 2.75) is 58.0 Å². The average molecular weight is 360 g/mol. The van der Waals surface area contributed by atoms with Crippen LogP contribution in [0.15, 0.2) is 0 Å². The second kappa shape index (κ2) is 13.2. The van der Waals surface area contributed by atoms with Crippen molar-refractivity contribution in [1.82, 2.24) is 5.32 Å². The van der Waals surface area contributed by atoms with E-state index >= 15 is 0 Å². The summed E-state index contributed by atoms with van der Waals surface area (Å²) in [4.78, 5) is 46.4. The van der Waals surface area contributed by atoms with Gasteiger partial charge in [-0.3, -0.25) is 14.4 Å². The smallest absolute Gasteiger partial charge is 0.328 e. The molecule has 25 heavy (non-hydrogen) atoms. The minimum Gasteiger partial charge on any atom is -0.469 e. The van der Waals surface area contributed by atoms with Crippen LogP contribution in [-0.4, -0.2) is 56.2 Å². The second-order valence-electron chi connectivity index (χ2n) is 5.23. The number of nitrogens with one attached hydrogen (secondary N) is 1. The highest BCUT2D eigenvalue weighted by Crippen LogP contribution is 2.06. The van der Waals surface area contributed by atoms with Gasteiger partial charge in [-0.1, -0.05) is 0 Å². The zero-order chi connectivity index (χ0) is 19.2. The van der Waals surface area contributed by atoms with Crippen LogP contribution in [0.1, 0.15) is 46.0 Å². The van der Waals surface area contributed by atoms with Crippen molar-refractivity contribution in [3.05, 3.63) is 0 Å². The summed E-state index contributed by atoms with van der Waals surface area (Å²) in [6.45, 7) is 3.80. The Hall–Kier alpha value is -2.16. The molecule has 0 saturated carbocycles. The number of hydrogen-bond donors (Lipinski definition) is 2. The van der Waals surface area contributed by atoms with E-state index in [9.17, 15) is 19.2 Å². The first-order valence-electron chi connectivity index (χ1n) is 8.30. The molecule has 0 heterocycles. The van der Waals surface area contributed by atoms with Gasteiger partial charge in [0.25, 0.3) is 0 Å². The van der Waals surface area contributed by atoms with Crippen LogP contribution in [0.5, 0.6) is 0 Å². The maximum atomic E-state index is 12.1. The molecule has 0 aliphatic carbocycles. The third kappa shape index (κ3) is 10.3. The fourth-order valence-electron chi connectivity index (χ4n) is 1.96.